The first-order valence-corrected chi connectivity index (χ1v) is 12.9. The van der Waals surface area contributed by atoms with Gasteiger partial charge in [-0.1, -0.05) is 114 Å². The van der Waals surface area contributed by atoms with Crippen molar-refractivity contribution < 1.29 is 19.5 Å². The van der Waals surface area contributed by atoms with Gasteiger partial charge in [0, 0.05) is 5.38 Å². The van der Waals surface area contributed by atoms with E-state index < -0.39 is 23.2 Å². The lowest BCUT2D eigenvalue weighted by atomic mass is 9.77. The monoisotopic (exact) mass is 533 g/mol. The summed E-state index contributed by atoms with van der Waals surface area (Å²) in [5.41, 5.74) is 1.94. The molecular formula is C31H23N3O4S. The summed E-state index contributed by atoms with van der Waals surface area (Å²) in [5, 5.41) is 19.1. The van der Waals surface area contributed by atoms with Crippen LogP contribution in [0.2, 0.25) is 0 Å². The van der Waals surface area contributed by atoms with Gasteiger partial charge in [0.25, 0.3) is 0 Å². The molecule has 1 aromatic heterocycles. The molecule has 0 fully saturated rings. The molecule has 192 valence electrons. The SMILES string of the molecule is O=C(O)/C(=N\OC(=O)c1ccccc1)c1csc(NC(c2ccccc2)(c2ccccc2)c2ccccc2)n1. The second kappa shape index (κ2) is 11.5. The van der Waals surface area contributed by atoms with Crippen LogP contribution in [0.25, 0.3) is 0 Å². The van der Waals surface area contributed by atoms with E-state index in [9.17, 15) is 14.7 Å². The maximum atomic E-state index is 12.3. The van der Waals surface area contributed by atoms with Gasteiger partial charge in [-0.05, 0) is 28.8 Å². The molecule has 39 heavy (non-hydrogen) atoms. The zero-order chi connectivity index (χ0) is 27.1. The van der Waals surface area contributed by atoms with Crippen molar-refractivity contribution in [3.8, 4) is 0 Å². The summed E-state index contributed by atoms with van der Waals surface area (Å²) in [5.74, 6) is -2.13. The van der Waals surface area contributed by atoms with Gasteiger partial charge >= 0.3 is 11.9 Å². The molecule has 5 aromatic rings. The first kappa shape index (κ1) is 25.6. The van der Waals surface area contributed by atoms with Gasteiger partial charge in [-0.25, -0.2) is 14.6 Å². The van der Waals surface area contributed by atoms with E-state index in [-0.39, 0.29) is 11.3 Å². The largest absolute Gasteiger partial charge is 0.476 e. The van der Waals surface area contributed by atoms with Gasteiger partial charge < -0.3 is 15.3 Å². The summed E-state index contributed by atoms with van der Waals surface area (Å²) in [6, 6.07) is 38.1. The van der Waals surface area contributed by atoms with E-state index in [2.05, 4.69) is 15.5 Å². The zero-order valence-corrected chi connectivity index (χ0v) is 21.4. The third-order valence-electron chi connectivity index (χ3n) is 6.09. The topological polar surface area (TPSA) is 101 Å². The van der Waals surface area contributed by atoms with Crippen LogP contribution in [0.3, 0.4) is 0 Å². The number of hydrogen-bond acceptors (Lipinski definition) is 7. The molecule has 8 heteroatoms. The van der Waals surface area contributed by atoms with Crippen LogP contribution in [-0.2, 0) is 15.2 Å². The fraction of sp³-hybridized carbons (Fsp3) is 0.0323. The normalized spacial score (nSPS) is 11.5. The Balaban J connectivity index is 1.55. The molecule has 0 saturated heterocycles. The van der Waals surface area contributed by atoms with E-state index in [4.69, 9.17) is 4.84 Å². The fourth-order valence-corrected chi connectivity index (χ4v) is 5.04. The average Bonchev–Trinajstić information content (AvgIpc) is 3.45. The van der Waals surface area contributed by atoms with Crippen molar-refractivity contribution in [2.75, 3.05) is 5.32 Å². The first-order chi connectivity index (χ1) is 19.1. The van der Waals surface area contributed by atoms with Crippen molar-refractivity contribution in [2.24, 2.45) is 5.16 Å². The van der Waals surface area contributed by atoms with Gasteiger partial charge in [0.1, 0.15) is 11.2 Å². The molecule has 0 bridgehead atoms. The van der Waals surface area contributed by atoms with Crippen LogP contribution < -0.4 is 5.32 Å². The predicted octanol–water partition coefficient (Wildman–Crippen LogP) is 6.19. The van der Waals surface area contributed by atoms with Crippen molar-refractivity contribution >= 4 is 34.1 Å². The number of carbonyl (C=O) groups is 2. The minimum Gasteiger partial charge on any atom is -0.476 e. The summed E-state index contributed by atoms with van der Waals surface area (Å²) in [6.07, 6.45) is 0. The molecular weight excluding hydrogens is 510 g/mol. The number of benzene rings is 4. The molecule has 0 unspecified atom stereocenters. The van der Waals surface area contributed by atoms with Crippen LogP contribution in [0.15, 0.2) is 132 Å². The zero-order valence-electron chi connectivity index (χ0n) is 20.6. The third-order valence-corrected chi connectivity index (χ3v) is 6.85. The number of carboxylic acid groups (broad SMARTS) is 1. The van der Waals surface area contributed by atoms with E-state index in [0.29, 0.717) is 5.13 Å². The van der Waals surface area contributed by atoms with Gasteiger partial charge in [-0.3, -0.25) is 0 Å². The number of anilines is 1. The highest BCUT2D eigenvalue weighted by Gasteiger charge is 2.37. The lowest BCUT2D eigenvalue weighted by Crippen LogP contribution is -2.38. The summed E-state index contributed by atoms with van der Waals surface area (Å²) in [6.45, 7) is 0. The molecule has 0 saturated carbocycles. The second-order valence-corrected chi connectivity index (χ2v) is 9.36. The molecule has 0 atom stereocenters. The Labute approximate surface area is 229 Å². The summed E-state index contributed by atoms with van der Waals surface area (Å²) in [7, 11) is 0. The van der Waals surface area contributed by atoms with Crippen LogP contribution in [0.5, 0.6) is 0 Å². The highest BCUT2D eigenvalue weighted by molar-refractivity contribution is 7.14. The number of rotatable bonds is 9. The predicted molar refractivity (Wildman–Crippen MR) is 151 cm³/mol. The Morgan fingerprint density at radius 2 is 1.21 bits per heavy atom. The summed E-state index contributed by atoms with van der Waals surface area (Å²) in [4.78, 5) is 33.8. The standard InChI is InChI=1S/C31H23N3O4S/c35-28(36)27(34-38-29(37)22-13-5-1-6-14-22)26-21-39-30(32-26)33-31(23-15-7-2-8-16-23,24-17-9-3-10-18-24)25-19-11-4-12-20-25/h1-21H,(H,32,33)(H,35,36)/b34-27-. The minimum absolute atomic E-state index is 0.0685. The van der Waals surface area contributed by atoms with E-state index in [1.807, 2.05) is 91.0 Å². The number of aromatic nitrogens is 1. The van der Waals surface area contributed by atoms with Crippen LogP contribution >= 0.6 is 11.3 Å². The number of carboxylic acids is 1. The van der Waals surface area contributed by atoms with Crippen LogP contribution in [0.4, 0.5) is 5.13 Å². The van der Waals surface area contributed by atoms with Crippen LogP contribution in [0, 0.1) is 0 Å². The smallest absolute Gasteiger partial charge is 0.365 e. The maximum Gasteiger partial charge on any atom is 0.365 e. The Kier molecular flexibility index (Phi) is 7.56. The van der Waals surface area contributed by atoms with Gasteiger partial charge in [0.15, 0.2) is 5.13 Å². The Hall–Kier alpha value is -5.08. The highest BCUT2D eigenvalue weighted by Crippen LogP contribution is 2.40. The average molecular weight is 534 g/mol. The number of hydrogen-bond donors (Lipinski definition) is 2. The molecule has 0 radical (unpaired) electrons. The fourth-order valence-electron chi connectivity index (χ4n) is 4.29. The van der Waals surface area contributed by atoms with E-state index in [0.717, 1.165) is 16.7 Å². The molecule has 5 rings (SSSR count). The van der Waals surface area contributed by atoms with Crippen molar-refractivity contribution in [3.63, 3.8) is 0 Å². The lowest BCUT2D eigenvalue weighted by Gasteiger charge is -2.36. The number of nitrogens with zero attached hydrogens (tertiary/aromatic N) is 2. The van der Waals surface area contributed by atoms with Crippen LogP contribution in [0.1, 0.15) is 32.7 Å². The molecule has 2 N–H and O–H groups in total. The molecule has 0 amide bonds. The molecule has 4 aromatic carbocycles. The number of nitrogens with one attached hydrogen (secondary N) is 1. The molecule has 0 aliphatic rings. The highest BCUT2D eigenvalue weighted by atomic mass is 32.1. The summed E-state index contributed by atoms with van der Waals surface area (Å²) >= 11 is 1.23. The Bertz CT molecular complexity index is 1490. The first-order valence-electron chi connectivity index (χ1n) is 12.1. The lowest BCUT2D eigenvalue weighted by molar-refractivity contribution is -0.129. The number of carbonyl (C=O) groups excluding carboxylic acids is 1. The van der Waals surface area contributed by atoms with Crippen LogP contribution in [-0.4, -0.2) is 27.7 Å². The van der Waals surface area contributed by atoms with Crippen molar-refractivity contribution in [1.82, 2.24) is 4.98 Å². The van der Waals surface area contributed by atoms with Gasteiger partial charge in [0.2, 0.25) is 5.71 Å². The third kappa shape index (κ3) is 5.46. The van der Waals surface area contributed by atoms with Gasteiger partial charge in [-0.2, -0.15) is 0 Å². The molecule has 0 aliphatic carbocycles. The van der Waals surface area contributed by atoms with Gasteiger partial charge in [0.05, 0.1) is 5.56 Å². The molecule has 0 aliphatic heterocycles. The Morgan fingerprint density at radius 3 is 1.67 bits per heavy atom. The van der Waals surface area contributed by atoms with Crippen molar-refractivity contribution in [3.05, 3.63) is 155 Å². The van der Waals surface area contributed by atoms with E-state index in [1.54, 1.807) is 35.7 Å². The maximum absolute atomic E-state index is 12.3. The Morgan fingerprint density at radius 1 is 0.744 bits per heavy atom. The minimum atomic E-state index is -1.37. The number of oxime groups is 1. The quantitative estimate of drug-likeness (QED) is 0.101. The molecule has 0 spiro atoms. The summed E-state index contributed by atoms with van der Waals surface area (Å²) < 4.78 is 0. The molecule has 1 heterocycles. The number of thiazole rings is 1. The van der Waals surface area contributed by atoms with E-state index in [1.165, 1.54) is 11.3 Å². The number of aliphatic carboxylic acids is 1. The second-order valence-electron chi connectivity index (χ2n) is 8.50. The van der Waals surface area contributed by atoms with Gasteiger partial charge in [-0.15, -0.1) is 11.3 Å². The van der Waals surface area contributed by atoms with E-state index >= 15 is 0 Å². The van der Waals surface area contributed by atoms with Crippen molar-refractivity contribution in [1.29, 1.82) is 0 Å². The van der Waals surface area contributed by atoms with Crippen molar-refractivity contribution in [2.45, 2.75) is 5.54 Å². The molecule has 7 nitrogen and oxygen atoms in total.